The van der Waals surface area contributed by atoms with Gasteiger partial charge >= 0.3 is 0 Å². The lowest BCUT2D eigenvalue weighted by molar-refractivity contribution is 0.625. The van der Waals surface area contributed by atoms with E-state index >= 15 is 0 Å². The average Bonchev–Trinajstić information content (AvgIpc) is 3.01. The van der Waals surface area contributed by atoms with Crippen molar-refractivity contribution in [1.29, 1.82) is 0 Å². The molecule has 1 aromatic heterocycles. The van der Waals surface area contributed by atoms with Crippen molar-refractivity contribution < 1.29 is 4.39 Å². The van der Waals surface area contributed by atoms with Crippen molar-refractivity contribution in [2.24, 2.45) is 4.99 Å². The summed E-state index contributed by atoms with van der Waals surface area (Å²) in [5.74, 6) is 0.538. The van der Waals surface area contributed by atoms with Crippen LogP contribution in [0, 0.1) is 12.7 Å². The molecule has 138 valence electrons. The average molecular weight is 477 g/mol. The van der Waals surface area contributed by atoms with E-state index in [4.69, 9.17) is 0 Å². The zero-order valence-electron chi connectivity index (χ0n) is 15.0. The van der Waals surface area contributed by atoms with Gasteiger partial charge in [-0.3, -0.25) is 4.99 Å². The van der Waals surface area contributed by atoms with Gasteiger partial charge in [-0.05, 0) is 36.6 Å². The van der Waals surface area contributed by atoms with Crippen molar-refractivity contribution in [3.05, 3.63) is 46.2 Å². The maximum absolute atomic E-state index is 13.1. The van der Waals surface area contributed by atoms with Gasteiger partial charge < -0.3 is 15.5 Å². The Morgan fingerprint density at radius 2 is 2.08 bits per heavy atom. The van der Waals surface area contributed by atoms with Crippen LogP contribution in [0.4, 0.5) is 9.52 Å². The lowest BCUT2D eigenvalue weighted by Crippen LogP contribution is -2.38. The number of guanidine groups is 1. The maximum atomic E-state index is 13.1. The van der Waals surface area contributed by atoms with Crippen LogP contribution in [0.3, 0.4) is 0 Å². The Labute approximate surface area is 169 Å². The molecular weight excluding hydrogens is 452 g/mol. The molecule has 0 aliphatic heterocycles. The third-order valence-corrected chi connectivity index (χ3v) is 4.63. The first-order valence-electron chi connectivity index (χ1n) is 7.81. The first kappa shape index (κ1) is 21.6. The number of nitrogens with one attached hydrogen (secondary N) is 2. The highest BCUT2D eigenvalue weighted by atomic mass is 127. The second-order valence-corrected chi connectivity index (χ2v) is 6.53. The lowest BCUT2D eigenvalue weighted by Gasteiger charge is -2.12. The topological polar surface area (TPSA) is 52.6 Å². The van der Waals surface area contributed by atoms with Gasteiger partial charge in [0.25, 0.3) is 0 Å². The molecule has 0 aliphatic carbocycles. The van der Waals surface area contributed by atoms with Gasteiger partial charge in [-0.1, -0.05) is 6.07 Å². The second kappa shape index (κ2) is 10.5. The fourth-order valence-electron chi connectivity index (χ4n) is 2.23. The molecule has 0 amide bonds. The summed E-state index contributed by atoms with van der Waals surface area (Å²) in [4.78, 5) is 10.7. The summed E-state index contributed by atoms with van der Waals surface area (Å²) >= 11 is 1.62. The summed E-state index contributed by atoms with van der Waals surface area (Å²) in [5, 5.41) is 9.55. The quantitative estimate of drug-likeness (QED) is 0.382. The third-order valence-electron chi connectivity index (χ3n) is 3.57. The summed E-state index contributed by atoms with van der Waals surface area (Å²) in [7, 11) is 5.70. The highest BCUT2D eigenvalue weighted by molar-refractivity contribution is 14.0. The number of aliphatic imine (C=N–C) groups is 1. The standard InChI is InChI=1S/C17H24FN5S.HI/c1-12-9-14(18)6-5-13(12)7-8-20-16(19-2)21-10-15-11-24-17(22-15)23(3)4;/h5-6,9,11H,7-8,10H2,1-4H3,(H2,19,20,21);1H. The zero-order chi connectivity index (χ0) is 17.5. The molecule has 2 aromatic rings. The SMILES string of the molecule is CN=C(NCCc1ccc(F)cc1C)NCc1csc(N(C)C)n1.I. The summed E-state index contributed by atoms with van der Waals surface area (Å²) in [6.07, 6.45) is 0.814. The molecule has 0 radical (unpaired) electrons. The molecule has 25 heavy (non-hydrogen) atoms. The third kappa shape index (κ3) is 6.77. The van der Waals surface area contributed by atoms with E-state index in [2.05, 4.69) is 20.6 Å². The predicted octanol–water partition coefficient (Wildman–Crippen LogP) is 3.18. The van der Waals surface area contributed by atoms with Gasteiger partial charge in [-0.2, -0.15) is 0 Å². The minimum absolute atomic E-state index is 0. The van der Waals surface area contributed by atoms with Gasteiger partial charge in [-0.25, -0.2) is 9.37 Å². The van der Waals surface area contributed by atoms with Gasteiger partial charge in [0.05, 0.1) is 12.2 Å². The highest BCUT2D eigenvalue weighted by Crippen LogP contribution is 2.17. The van der Waals surface area contributed by atoms with Crippen LogP contribution >= 0.6 is 35.3 Å². The van der Waals surface area contributed by atoms with E-state index in [1.165, 1.54) is 6.07 Å². The number of nitrogens with zero attached hydrogens (tertiary/aromatic N) is 3. The summed E-state index contributed by atoms with van der Waals surface area (Å²) < 4.78 is 13.1. The Morgan fingerprint density at radius 1 is 1.32 bits per heavy atom. The van der Waals surface area contributed by atoms with E-state index in [-0.39, 0.29) is 29.8 Å². The molecule has 0 saturated heterocycles. The van der Waals surface area contributed by atoms with Crippen molar-refractivity contribution in [2.75, 3.05) is 32.6 Å². The van der Waals surface area contributed by atoms with Crippen molar-refractivity contribution in [3.63, 3.8) is 0 Å². The van der Waals surface area contributed by atoms with Crippen LogP contribution in [0.15, 0.2) is 28.6 Å². The van der Waals surface area contributed by atoms with E-state index in [9.17, 15) is 4.39 Å². The molecule has 0 bridgehead atoms. The molecule has 2 N–H and O–H groups in total. The molecule has 0 fully saturated rings. The number of benzene rings is 1. The number of aryl methyl sites for hydroxylation is 1. The molecule has 2 rings (SSSR count). The first-order chi connectivity index (χ1) is 11.5. The normalized spacial score (nSPS) is 11.0. The van der Waals surface area contributed by atoms with E-state index in [0.717, 1.165) is 40.9 Å². The molecule has 1 aromatic carbocycles. The Morgan fingerprint density at radius 3 is 2.68 bits per heavy atom. The Kier molecular flexibility index (Phi) is 9.12. The molecule has 1 heterocycles. The number of anilines is 1. The minimum atomic E-state index is -0.193. The van der Waals surface area contributed by atoms with E-state index in [1.807, 2.05) is 37.4 Å². The van der Waals surface area contributed by atoms with Crippen LogP contribution in [-0.4, -0.2) is 38.6 Å². The number of aromatic nitrogens is 1. The number of rotatable bonds is 6. The van der Waals surface area contributed by atoms with Gasteiger partial charge in [0.1, 0.15) is 5.82 Å². The van der Waals surface area contributed by atoms with Gasteiger partial charge in [0.2, 0.25) is 0 Å². The molecule has 0 atom stereocenters. The van der Waals surface area contributed by atoms with Crippen LogP contribution in [0.5, 0.6) is 0 Å². The van der Waals surface area contributed by atoms with Gasteiger partial charge in [0.15, 0.2) is 11.1 Å². The number of hydrogen-bond acceptors (Lipinski definition) is 4. The van der Waals surface area contributed by atoms with E-state index in [0.29, 0.717) is 6.54 Å². The van der Waals surface area contributed by atoms with Gasteiger partial charge in [-0.15, -0.1) is 35.3 Å². The fourth-order valence-corrected chi connectivity index (χ4v) is 2.99. The maximum Gasteiger partial charge on any atom is 0.191 e. The highest BCUT2D eigenvalue weighted by Gasteiger charge is 2.05. The first-order valence-corrected chi connectivity index (χ1v) is 8.69. The lowest BCUT2D eigenvalue weighted by atomic mass is 10.1. The van der Waals surface area contributed by atoms with E-state index in [1.54, 1.807) is 24.5 Å². The Balaban J connectivity index is 0.00000312. The summed E-state index contributed by atoms with van der Waals surface area (Å²) in [6, 6.07) is 4.90. The molecule has 0 spiro atoms. The van der Waals surface area contributed by atoms with Crippen molar-refractivity contribution >= 4 is 46.4 Å². The van der Waals surface area contributed by atoms with Crippen LogP contribution in [0.2, 0.25) is 0 Å². The largest absolute Gasteiger partial charge is 0.356 e. The Hall–Kier alpha value is -1.42. The van der Waals surface area contributed by atoms with Gasteiger partial charge in [0, 0.05) is 33.1 Å². The smallest absolute Gasteiger partial charge is 0.191 e. The second-order valence-electron chi connectivity index (χ2n) is 5.69. The van der Waals surface area contributed by atoms with Crippen molar-refractivity contribution in [1.82, 2.24) is 15.6 Å². The number of halogens is 2. The molecule has 5 nitrogen and oxygen atoms in total. The predicted molar refractivity (Wildman–Crippen MR) is 115 cm³/mol. The van der Waals surface area contributed by atoms with Crippen LogP contribution in [0.25, 0.3) is 0 Å². The minimum Gasteiger partial charge on any atom is -0.356 e. The molecular formula is C17H25FIN5S. The van der Waals surface area contributed by atoms with E-state index < -0.39 is 0 Å². The number of hydrogen-bond donors (Lipinski definition) is 2. The molecule has 8 heteroatoms. The number of thiazole rings is 1. The molecule has 0 saturated carbocycles. The van der Waals surface area contributed by atoms with Crippen molar-refractivity contribution in [3.8, 4) is 0 Å². The monoisotopic (exact) mass is 477 g/mol. The summed E-state index contributed by atoms with van der Waals surface area (Å²) in [5.41, 5.74) is 3.09. The Bertz CT molecular complexity index is 702. The van der Waals surface area contributed by atoms with Crippen LogP contribution in [0.1, 0.15) is 16.8 Å². The zero-order valence-corrected chi connectivity index (χ0v) is 18.1. The fraction of sp³-hybridized carbons (Fsp3) is 0.412. The summed E-state index contributed by atoms with van der Waals surface area (Å²) in [6.45, 7) is 3.28. The van der Waals surface area contributed by atoms with Crippen LogP contribution < -0.4 is 15.5 Å². The van der Waals surface area contributed by atoms with Crippen molar-refractivity contribution in [2.45, 2.75) is 19.9 Å². The molecule has 0 unspecified atom stereocenters. The van der Waals surface area contributed by atoms with Crippen LogP contribution in [-0.2, 0) is 13.0 Å². The molecule has 0 aliphatic rings.